The van der Waals surface area contributed by atoms with E-state index >= 15 is 0 Å². The van der Waals surface area contributed by atoms with E-state index in [1.165, 1.54) is 18.9 Å². The van der Waals surface area contributed by atoms with Gasteiger partial charge in [-0.1, -0.05) is 18.6 Å². The number of nitrogens with one attached hydrogen (secondary N) is 1. The van der Waals surface area contributed by atoms with Crippen LogP contribution in [0.2, 0.25) is 0 Å². The van der Waals surface area contributed by atoms with Crippen LogP contribution in [0, 0.1) is 5.92 Å². The van der Waals surface area contributed by atoms with E-state index in [0.717, 1.165) is 57.7 Å². The van der Waals surface area contributed by atoms with Gasteiger partial charge in [-0.15, -0.1) is 0 Å². The summed E-state index contributed by atoms with van der Waals surface area (Å²) in [5, 5.41) is 2.78. The zero-order chi connectivity index (χ0) is 16.9. The van der Waals surface area contributed by atoms with Crippen LogP contribution < -0.4 is 5.32 Å². The first kappa shape index (κ1) is 17.0. The first-order valence-electron chi connectivity index (χ1n) is 8.99. The van der Waals surface area contributed by atoms with E-state index in [2.05, 4.69) is 27.2 Å². The molecule has 1 N–H and O–H groups in total. The molecule has 0 spiro atoms. The van der Waals surface area contributed by atoms with Crippen molar-refractivity contribution in [2.45, 2.75) is 32.6 Å². The zero-order valence-electron chi connectivity index (χ0n) is 14.5. The molecular formula is C19H27N3O2. The van der Waals surface area contributed by atoms with Gasteiger partial charge in [0.1, 0.15) is 0 Å². The number of piperazine rings is 1. The Bertz CT molecular complexity index is 573. The molecule has 130 valence electrons. The first-order valence-corrected chi connectivity index (χ1v) is 8.99. The molecule has 1 aromatic carbocycles. The molecule has 5 nitrogen and oxygen atoms in total. The zero-order valence-corrected chi connectivity index (χ0v) is 14.5. The van der Waals surface area contributed by atoms with Crippen LogP contribution in [0.25, 0.3) is 0 Å². The Hall–Kier alpha value is -1.88. The Morgan fingerprint density at radius 3 is 2.29 bits per heavy atom. The Balaban J connectivity index is 1.40. The minimum Gasteiger partial charge on any atom is -0.340 e. The van der Waals surface area contributed by atoms with Crippen molar-refractivity contribution in [3.8, 4) is 0 Å². The number of amides is 2. The lowest BCUT2D eigenvalue weighted by Gasteiger charge is -2.38. The minimum absolute atomic E-state index is 0.0444. The van der Waals surface area contributed by atoms with Crippen molar-refractivity contribution < 1.29 is 9.59 Å². The van der Waals surface area contributed by atoms with Crippen molar-refractivity contribution in [2.24, 2.45) is 5.92 Å². The summed E-state index contributed by atoms with van der Waals surface area (Å²) in [6.45, 7) is 6.23. The summed E-state index contributed by atoms with van der Waals surface area (Å²) < 4.78 is 0. The van der Waals surface area contributed by atoms with E-state index in [0.29, 0.717) is 11.8 Å². The lowest BCUT2D eigenvalue weighted by molar-refractivity contribution is -0.139. The van der Waals surface area contributed by atoms with Crippen LogP contribution in [0.5, 0.6) is 0 Å². The summed E-state index contributed by atoms with van der Waals surface area (Å²) in [6, 6.07) is 8.04. The van der Waals surface area contributed by atoms with Gasteiger partial charge >= 0.3 is 0 Å². The normalized spacial score (nSPS) is 19.0. The molecule has 2 fully saturated rings. The van der Waals surface area contributed by atoms with Crippen LogP contribution >= 0.6 is 0 Å². The first-order chi connectivity index (χ1) is 11.6. The molecule has 0 atom stereocenters. The molecule has 0 unspecified atom stereocenters. The van der Waals surface area contributed by atoms with E-state index < -0.39 is 0 Å². The predicted molar refractivity (Wildman–Crippen MR) is 94.8 cm³/mol. The van der Waals surface area contributed by atoms with Crippen molar-refractivity contribution in [2.75, 3.05) is 38.0 Å². The molecule has 1 saturated heterocycles. The number of carbonyl (C=O) groups is 2. The van der Waals surface area contributed by atoms with Gasteiger partial charge in [-0.25, -0.2) is 0 Å². The Labute approximate surface area is 144 Å². The van der Waals surface area contributed by atoms with Crippen molar-refractivity contribution in [3.63, 3.8) is 0 Å². The summed E-state index contributed by atoms with van der Waals surface area (Å²) >= 11 is 0. The third kappa shape index (κ3) is 4.35. The molecule has 1 aliphatic carbocycles. The van der Waals surface area contributed by atoms with Gasteiger partial charge in [-0.05, 0) is 37.0 Å². The van der Waals surface area contributed by atoms with Gasteiger partial charge in [-0.3, -0.25) is 14.5 Å². The van der Waals surface area contributed by atoms with Gasteiger partial charge in [0.05, 0.1) is 0 Å². The Morgan fingerprint density at radius 1 is 1.08 bits per heavy atom. The number of anilines is 1. The maximum Gasteiger partial charge on any atom is 0.225 e. The molecule has 24 heavy (non-hydrogen) atoms. The average molecular weight is 329 g/mol. The summed E-state index contributed by atoms with van der Waals surface area (Å²) in [7, 11) is 0. The van der Waals surface area contributed by atoms with Crippen LogP contribution in [0.1, 0.15) is 31.7 Å². The molecule has 1 saturated carbocycles. The maximum absolute atomic E-state index is 12.3. The topological polar surface area (TPSA) is 52.7 Å². The van der Waals surface area contributed by atoms with Gasteiger partial charge in [0, 0.05) is 51.3 Å². The van der Waals surface area contributed by atoms with E-state index in [4.69, 9.17) is 0 Å². The van der Waals surface area contributed by atoms with Gasteiger partial charge < -0.3 is 10.2 Å². The second kappa shape index (κ2) is 7.79. The quantitative estimate of drug-likeness (QED) is 0.900. The van der Waals surface area contributed by atoms with Crippen LogP contribution in [0.15, 0.2) is 24.3 Å². The highest BCUT2D eigenvalue weighted by atomic mass is 16.2. The second-order valence-electron chi connectivity index (χ2n) is 6.92. The number of hydrogen-bond acceptors (Lipinski definition) is 3. The fourth-order valence-electron chi connectivity index (χ4n) is 3.35. The van der Waals surface area contributed by atoms with Crippen molar-refractivity contribution >= 4 is 17.5 Å². The third-order valence-corrected chi connectivity index (χ3v) is 5.13. The predicted octanol–water partition coefficient (Wildman–Crippen LogP) is 2.13. The maximum atomic E-state index is 12.3. The summed E-state index contributed by atoms with van der Waals surface area (Å²) in [4.78, 5) is 27.8. The Kier molecular flexibility index (Phi) is 5.51. The highest BCUT2D eigenvalue weighted by molar-refractivity contribution is 5.88. The minimum atomic E-state index is -0.0444. The third-order valence-electron chi connectivity index (χ3n) is 5.13. The highest BCUT2D eigenvalue weighted by Crippen LogP contribution is 2.28. The van der Waals surface area contributed by atoms with Crippen molar-refractivity contribution in [1.82, 2.24) is 9.80 Å². The molecule has 2 amide bonds. The monoisotopic (exact) mass is 329 g/mol. The summed E-state index contributed by atoms with van der Waals surface area (Å²) in [6.07, 6.45) is 4.40. The van der Waals surface area contributed by atoms with Crippen molar-refractivity contribution in [1.29, 1.82) is 0 Å². The van der Waals surface area contributed by atoms with Crippen LogP contribution in [0.4, 0.5) is 5.69 Å². The number of hydrogen-bond donors (Lipinski definition) is 1. The molecule has 3 rings (SSSR count). The SMILES string of the molecule is CC(=O)Nc1ccc(CCN2CCN(C(=O)C3CCC3)CC2)cc1. The van der Waals surface area contributed by atoms with Gasteiger partial charge in [0.2, 0.25) is 11.8 Å². The number of benzene rings is 1. The second-order valence-corrected chi connectivity index (χ2v) is 6.92. The van der Waals surface area contributed by atoms with Crippen molar-refractivity contribution in [3.05, 3.63) is 29.8 Å². The fraction of sp³-hybridized carbons (Fsp3) is 0.579. The summed E-state index contributed by atoms with van der Waals surface area (Å²) in [5.41, 5.74) is 2.12. The van der Waals surface area contributed by atoms with Crippen LogP contribution in [0.3, 0.4) is 0 Å². The molecule has 5 heteroatoms. The molecule has 2 aliphatic rings. The lowest BCUT2D eigenvalue weighted by atomic mass is 9.84. The summed E-state index contributed by atoms with van der Waals surface area (Å²) in [5.74, 6) is 0.658. The van der Waals surface area contributed by atoms with E-state index in [1.54, 1.807) is 0 Å². The molecular weight excluding hydrogens is 302 g/mol. The molecule has 0 radical (unpaired) electrons. The van der Waals surface area contributed by atoms with Gasteiger partial charge in [0.15, 0.2) is 0 Å². The van der Waals surface area contributed by atoms with Crippen LogP contribution in [-0.4, -0.2) is 54.3 Å². The Morgan fingerprint density at radius 2 is 1.75 bits per heavy atom. The number of nitrogens with zero attached hydrogens (tertiary/aromatic N) is 2. The smallest absolute Gasteiger partial charge is 0.225 e. The largest absolute Gasteiger partial charge is 0.340 e. The molecule has 1 heterocycles. The van der Waals surface area contributed by atoms with Crippen LogP contribution in [-0.2, 0) is 16.0 Å². The lowest BCUT2D eigenvalue weighted by Crippen LogP contribution is -2.51. The molecule has 1 aliphatic heterocycles. The van der Waals surface area contributed by atoms with E-state index in [9.17, 15) is 9.59 Å². The number of carbonyl (C=O) groups excluding carboxylic acids is 2. The number of rotatable bonds is 5. The molecule has 0 aromatic heterocycles. The molecule has 1 aromatic rings. The standard InChI is InChI=1S/C19H27N3O2/c1-15(23)20-18-7-5-16(6-8-18)9-10-21-11-13-22(14-12-21)19(24)17-3-2-4-17/h5-8,17H,2-4,9-14H2,1H3,(H,20,23). The molecule has 0 bridgehead atoms. The van der Waals surface area contributed by atoms with E-state index in [1.807, 2.05) is 12.1 Å². The van der Waals surface area contributed by atoms with Gasteiger partial charge in [0.25, 0.3) is 0 Å². The fourth-order valence-corrected chi connectivity index (χ4v) is 3.35. The van der Waals surface area contributed by atoms with E-state index in [-0.39, 0.29) is 5.91 Å². The highest BCUT2D eigenvalue weighted by Gasteiger charge is 2.30. The van der Waals surface area contributed by atoms with Gasteiger partial charge in [-0.2, -0.15) is 0 Å². The average Bonchev–Trinajstić information content (AvgIpc) is 2.52.